The van der Waals surface area contributed by atoms with Crippen molar-refractivity contribution in [2.45, 2.75) is 6.10 Å². The van der Waals surface area contributed by atoms with Crippen LogP contribution in [-0.2, 0) is 0 Å². The first-order valence-corrected chi connectivity index (χ1v) is 6.54. The van der Waals surface area contributed by atoms with Gasteiger partial charge in [0, 0.05) is 25.6 Å². The fourth-order valence-electron chi connectivity index (χ4n) is 2.24. The Morgan fingerprint density at radius 1 is 1.40 bits per heavy atom. The average Bonchev–Trinajstić information content (AvgIpc) is 2.89. The van der Waals surface area contributed by atoms with Crippen LogP contribution in [0.25, 0.3) is 0 Å². The fourth-order valence-corrected chi connectivity index (χ4v) is 2.24. The molecule has 0 radical (unpaired) electrons. The van der Waals surface area contributed by atoms with E-state index in [4.69, 9.17) is 9.47 Å². The Labute approximate surface area is 118 Å². The Hall–Kier alpha value is -1.79. The second-order valence-corrected chi connectivity index (χ2v) is 4.76. The molecular formula is C14H20N2O4. The Bertz CT molecular complexity index is 478. The van der Waals surface area contributed by atoms with Gasteiger partial charge in [0.25, 0.3) is 5.91 Å². The van der Waals surface area contributed by atoms with E-state index in [-0.39, 0.29) is 11.8 Å². The van der Waals surface area contributed by atoms with Gasteiger partial charge in [-0.15, -0.1) is 0 Å². The summed E-state index contributed by atoms with van der Waals surface area (Å²) in [5.41, 5.74) is 0.423. The third-order valence-corrected chi connectivity index (χ3v) is 3.48. The summed E-state index contributed by atoms with van der Waals surface area (Å²) < 4.78 is 10.3. The summed E-state index contributed by atoms with van der Waals surface area (Å²) in [6, 6.07) is 5.07. The lowest BCUT2D eigenvalue weighted by Gasteiger charge is -2.15. The second kappa shape index (κ2) is 6.58. The van der Waals surface area contributed by atoms with Crippen molar-refractivity contribution in [1.29, 1.82) is 0 Å². The minimum absolute atomic E-state index is 0.0375. The number of aliphatic hydroxyl groups is 1. The number of benzene rings is 1. The molecule has 1 aromatic rings. The summed E-state index contributed by atoms with van der Waals surface area (Å²) >= 11 is 0. The number of carbonyl (C=O) groups is 1. The van der Waals surface area contributed by atoms with E-state index in [0.29, 0.717) is 36.7 Å². The first-order valence-electron chi connectivity index (χ1n) is 6.54. The summed E-state index contributed by atoms with van der Waals surface area (Å²) in [6.45, 7) is 1.70. The zero-order chi connectivity index (χ0) is 14.5. The van der Waals surface area contributed by atoms with Gasteiger partial charge in [-0.1, -0.05) is 0 Å². The minimum atomic E-state index is -0.414. The molecule has 0 bridgehead atoms. The van der Waals surface area contributed by atoms with Crippen LogP contribution in [0.15, 0.2) is 18.2 Å². The third kappa shape index (κ3) is 3.20. The number of hydrogen-bond donors (Lipinski definition) is 3. The molecule has 1 aliphatic heterocycles. The maximum absolute atomic E-state index is 12.2. The predicted octanol–water partition coefficient (Wildman–Crippen LogP) is 0.0139. The molecule has 20 heavy (non-hydrogen) atoms. The first kappa shape index (κ1) is 14.6. The Morgan fingerprint density at radius 3 is 2.80 bits per heavy atom. The third-order valence-electron chi connectivity index (χ3n) is 3.48. The van der Waals surface area contributed by atoms with Gasteiger partial charge in [0.2, 0.25) is 0 Å². The van der Waals surface area contributed by atoms with Crippen molar-refractivity contribution in [3.8, 4) is 11.5 Å². The molecule has 1 heterocycles. The van der Waals surface area contributed by atoms with Crippen LogP contribution in [-0.4, -0.2) is 51.0 Å². The molecule has 1 amide bonds. The van der Waals surface area contributed by atoms with E-state index in [1.165, 1.54) is 7.11 Å². The van der Waals surface area contributed by atoms with Crippen molar-refractivity contribution in [3.05, 3.63) is 23.8 Å². The zero-order valence-electron chi connectivity index (χ0n) is 11.7. The van der Waals surface area contributed by atoms with Gasteiger partial charge in [0.1, 0.15) is 11.5 Å². The molecule has 1 aliphatic rings. The van der Waals surface area contributed by atoms with Gasteiger partial charge in [-0.3, -0.25) is 4.79 Å². The minimum Gasteiger partial charge on any atom is -0.497 e. The van der Waals surface area contributed by atoms with E-state index in [1.807, 2.05) is 0 Å². The van der Waals surface area contributed by atoms with E-state index in [0.717, 1.165) is 0 Å². The normalized spacial score (nSPS) is 21.6. The van der Waals surface area contributed by atoms with Gasteiger partial charge in [0.05, 0.1) is 25.9 Å². The standard InChI is InChI=1S/C14H20N2O4/c1-19-10-3-4-13(20-2)11(5-10)14(18)16-7-9-6-15-8-12(9)17/h3-5,9,12,15,17H,6-8H2,1-2H3,(H,16,18). The zero-order valence-corrected chi connectivity index (χ0v) is 11.7. The average molecular weight is 280 g/mol. The molecule has 0 aromatic heterocycles. The van der Waals surface area contributed by atoms with Crippen molar-refractivity contribution in [3.63, 3.8) is 0 Å². The highest BCUT2D eigenvalue weighted by atomic mass is 16.5. The Kier molecular flexibility index (Phi) is 4.81. The van der Waals surface area contributed by atoms with Crippen LogP contribution in [0.3, 0.4) is 0 Å². The van der Waals surface area contributed by atoms with Gasteiger partial charge >= 0.3 is 0 Å². The van der Waals surface area contributed by atoms with Crippen molar-refractivity contribution < 1.29 is 19.4 Å². The molecule has 0 spiro atoms. The molecule has 3 N–H and O–H groups in total. The van der Waals surface area contributed by atoms with Gasteiger partial charge in [-0.25, -0.2) is 0 Å². The largest absolute Gasteiger partial charge is 0.497 e. The number of ether oxygens (including phenoxy) is 2. The van der Waals surface area contributed by atoms with E-state index < -0.39 is 6.10 Å². The van der Waals surface area contributed by atoms with Gasteiger partial charge in [-0.2, -0.15) is 0 Å². The van der Waals surface area contributed by atoms with Crippen molar-refractivity contribution >= 4 is 5.91 Å². The highest BCUT2D eigenvalue weighted by Gasteiger charge is 2.25. The molecule has 2 atom stereocenters. The van der Waals surface area contributed by atoms with E-state index in [1.54, 1.807) is 25.3 Å². The van der Waals surface area contributed by atoms with Crippen molar-refractivity contribution in [2.75, 3.05) is 33.9 Å². The van der Waals surface area contributed by atoms with Crippen LogP contribution >= 0.6 is 0 Å². The molecule has 1 fully saturated rings. The fraction of sp³-hybridized carbons (Fsp3) is 0.500. The van der Waals surface area contributed by atoms with Crippen molar-refractivity contribution in [1.82, 2.24) is 10.6 Å². The number of carbonyl (C=O) groups excluding carboxylic acids is 1. The lowest BCUT2D eigenvalue weighted by atomic mass is 10.1. The van der Waals surface area contributed by atoms with Crippen LogP contribution in [0, 0.1) is 5.92 Å². The van der Waals surface area contributed by atoms with Crippen molar-refractivity contribution in [2.24, 2.45) is 5.92 Å². The number of aliphatic hydroxyl groups excluding tert-OH is 1. The van der Waals surface area contributed by atoms with Crippen LogP contribution in [0.1, 0.15) is 10.4 Å². The number of methoxy groups -OCH3 is 2. The molecule has 0 saturated carbocycles. The van der Waals surface area contributed by atoms with E-state index >= 15 is 0 Å². The topological polar surface area (TPSA) is 79.8 Å². The highest BCUT2D eigenvalue weighted by molar-refractivity contribution is 5.97. The number of β-amino-alcohol motifs (C(OH)–C–C–N with tert-alkyl or cyclic N) is 1. The van der Waals surface area contributed by atoms with Crippen LogP contribution < -0.4 is 20.1 Å². The van der Waals surface area contributed by atoms with Gasteiger partial charge in [-0.05, 0) is 18.2 Å². The molecule has 6 heteroatoms. The number of hydrogen-bond acceptors (Lipinski definition) is 5. The maximum atomic E-state index is 12.2. The maximum Gasteiger partial charge on any atom is 0.255 e. The molecule has 0 aliphatic carbocycles. The highest BCUT2D eigenvalue weighted by Crippen LogP contribution is 2.23. The van der Waals surface area contributed by atoms with Crippen LogP contribution in [0.4, 0.5) is 0 Å². The van der Waals surface area contributed by atoms with Gasteiger partial charge < -0.3 is 25.2 Å². The lowest BCUT2D eigenvalue weighted by molar-refractivity contribution is 0.0923. The summed E-state index contributed by atoms with van der Waals surface area (Å²) in [7, 11) is 3.06. The second-order valence-electron chi connectivity index (χ2n) is 4.76. The molecule has 2 rings (SSSR count). The van der Waals surface area contributed by atoms with Crippen LogP contribution in [0.5, 0.6) is 11.5 Å². The smallest absolute Gasteiger partial charge is 0.255 e. The Morgan fingerprint density at radius 2 is 2.20 bits per heavy atom. The molecule has 2 unspecified atom stereocenters. The lowest BCUT2D eigenvalue weighted by Crippen LogP contribution is -2.34. The monoisotopic (exact) mass is 280 g/mol. The molecule has 1 saturated heterocycles. The summed E-state index contributed by atoms with van der Waals surface area (Å²) in [5.74, 6) is 0.891. The quantitative estimate of drug-likeness (QED) is 0.708. The van der Waals surface area contributed by atoms with Gasteiger partial charge in [0.15, 0.2) is 0 Å². The summed E-state index contributed by atoms with van der Waals surface area (Å²) in [5, 5.41) is 15.6. The number of rotatable bonds is 5. The number of amides is 1. The van der Waals surface area contributed by atoms with E-state index in [9.17, 15) is 9.90 Å². The summed E-state index contributed by atoms with van der Waals surface area (Å²) in [4.78, 5) is 12.2. The Balaban J connectivity index is 2.04. The molecule has 110 valence electrons. The van der Waals surface area contributed by atoms with Crippen LogP contribution in [0.2, 0.25) is 0 Å². The number of nitrogens with one attached hydrogen (secondary N) is 2. The SMILES string of the molecule is COc1ccc(OC)c(C(=O)NCC2CNCC2O)c1. The summed E-state index contributed by atoms with van der Waals surface area (Å²) in [6.07, 6.45) is -0.414. The molecule has 1 aromatic carbocycles. The molecular weight excluding hydrogens is 260 g/mol. The van der Waals surface area contributed by atoms with E-state index in [2.05, 4.69) is 10.6 Å². The predicted molar refractivity (Wildman–Crippen MR) is 74.2 cm³/mol. The molecule has 6 nitrogen and oxygen atoms in total. The first-order chi connectivity index (χ1) is 9.65.